The van der Waals surface area contributed by atoms with Gasteiger partial charge in [0.2, 0.25) is 5.91 Å². The van der Waals surface area contributed by atoms with Gasteiger partial charge in [-0.15, -0.1) is 0 Å². The van der Waals surface area contributed by atoms with Crippen molar-refractivity contribution in [1.29, 1.82) is 0 Å². The lowest BCUT2D eigenvalue weighted by atomic mass is 9.98. The third-order valence-electron chi connectivity index (χ3n) is 3.60. The van der Waals surface area contributed by atoms with Crippen LogP contribution in [-0.4, -0.2) is 11.0 Å². The van der Waals surface area contributed by atoms with Gasteiger partial charge in [-0.3, -0.25) is 4.79 Å². The lowest BCUT2D eigenvalue weighted by molar-refractivity contribution is -0.115. The fourth-order valence-electron chi connectivity index (χ4n) is 2.45. The zero-order valence-corrected chi connectivity index (χ0v) is 11.0. The van der Waals surface area contributed by atoms with Crippen molar-refractivity contribution in [3.8, 4) is 0 Å². The van der Waals surface area contributed by atoms with Gasteiger partial charge in [0.15, 0.2) is 0 Å². The molecule has 1 amide bonds. The standard InChI is InChI=1S/C16H16N2O2/c17-9-10-1-3-11(4-2-10)16(20)12-5-6-14-13(7-12)8-15(19)18-14/h1-7,16,20H,8-9,17H2,(H,18,19). The molecule has 2 aromatic carbocycles. The number of benzene rings is 2. The van der Waals surface area contributed by atoms with Gasteiger partial charge in [0.25, 0.3) is 0 Å². The Bertz CT molecular complexity index is 650. The molecule has 1 atom stereocenters. The number of nitrogens with one attached hydrogen (secondary N) is 1. The van der Waals surface area contributed by atoms with Crippen LogP contribution in [0.15, 0.2) is 42.5 Å². The van der Waals surface area contributed by atoms with Crippen molar-refractivity contribution >= 4 is 11.6 Å². The number of carbonyl (C=O) groups is 1. The molecule has 2 aromatic rings. The van der Waals surface area contributed by atoms with Crippen molar-refractivity contribution in [2.75, 3.05) is 5.32 Å². The minimum atomic E-state index is -0.692. The molecule has 0 aromatic heterocycles. The first kappa shape index (κ1) is 12.8. The summed E-state index contributed by atoms with van der Waals surface area (Å²) >= 11 is 0. The van der Waals surface area contributed by atoms with Crippen LogP contribution in [0.1, 0.15) is 28.4 Å². The maximum atomic E-state index is 11.3. The van der Waals surface area contributed by atoms with E-state index in [4.69, 9.17) is 5.73 Å². The van der Waals surface area contributed by atoms with Gasteiger partial charge >= 0.3 is 0 Å². The summed E-state index contributed by atoms with van der Waals surface area (Å²) in [7, 11) is 0. The number of rotatable bonds is 3. The summed E-state index contributed by atoms with van der Waals surface area (Å²) in [6.45, 7) is 0.489. The first-order valence-corrected chi connectivity index (χ1v) is 6.57. The number of fused-ring (bicyclic) bond motifs is 1. The Labute approximate surface area is 117 Å². The van der Waals surface area contributed by atoms with Crippen molar-refractivity contribution in [1.82, 2.24) is 0 Å². The zero-order chi connectivity index (χ0) is 14.1. The van der Waals surface area contributed by atoms with Crippen molar-refractivity contribution < 1.29 is 9.90 Å². The Balaban J connectivity index is 1.88. The molecule has 4 nitrogen and oxygen atoms in total. The predicted molar refractivity (Wildman–Crippen MR) is 77.2 cm³/mol. The molecule has 1 aliphatic rings. The molecule has 0 saturated heterocycles. The van der Waals surface area contributed by atoms with E-state index in [0.717, 1.165) is 27.9 Å². The summed E-state index contributed by atoms with van der Waals surface area (Å²) in [6, 6.07) is 13.1. The summed E-state index contributed by atoms with van der Waals surface area (Å²) in [5, 5.41) is 13.2. The van der Waals surface area contributed by atoms with Crippen LogP contribution in [0.3, 0.4) is 0 Å². The average molecular weight is 268 g/mol. The van der Waals surface area contributed by atoms with E-state index in [9.17, 15) is 9.90 Å². The Hall–Kier alpha value is -2.17. The van der Waals surface area contributed by atoms with E-state index in [1.165, 1.54) is 0 Å². The molecule has 1 aliphatic heterocycles. The number of amides is 1. The molecule has 20 heavy (non-hydrogen) atoms. The van der Waals surface area contributed by atoms with Gasteiger partial charge in [-0.1, -0.05) is 36.4 Å². The number of hydrogen-bond acceptors (Lipinski definition) is 3. The van der Waals surface area contributed by atoms with Gasteiger partial charge in [0.1, 0.15) is 6.10 Å². The first-order valence-electron chi connectivity index (χ1n) is 6.57. The number of hydrogen-bond donors (Lipinski definition) is 3. The van der Waals surface area contributed by atoms with Crippen LogP contribution in [0.25, 0.3) is 0 Å². The fourth-order valence-corrected chi connectivity index (χ4v) is 2.45. The van der Waals surface area contributed by atoms with Crippen molar-refractivity contribution in [2.24, 2.45) is 5.73 Å². The third kappa shape index (κ3) is 2.31. The van der Waals surface area contributed by atoms with Crippen molar-refractivity contribution in [3.05, 3.63) is 64.7 Å². The van der Waals surface area contributed by atoms with Crippen LogP contribution in [0.5, 0.6) is 0 Å². The highest BCUT2D eigenvalue weighted by Gasteiger charge is 2.19. The highest BCUT2D eigenvalue weighted by molar-refractivity contribution is 5.99. The molecule has 0 fully saturated rings. The van der Waals surface area contributed by atoms with Gasteiger partial charge in [-0.25, -0.2) is 0 Å². The predicted octanol–water partition coefficient (Wildman–Crippen LogP) is 1.72. The second-order valence-corrected chi connectivity index (χ2v) is 4.99. The smallest absolute Gasteiger partial charge is 0.228 e. The number of nitrogens with two attached hydrogens (primary N) is 1. The maximum Gasteiger partial charge on any atom is 0.228 e. The van der Waals surface area contributed by atoms with E-state index >= 15 is 0 Å². The largest absolute Gasteiger partial charge is 0.384 e. The second kappa shape index (κ2) is 5.07. The van der Waals surface area contributed by atoms with Crippen LogP contribution >= 0.6 is 0 Å². The van der Waals surface area contributed by atoms with Gasteiger partial charge in [0, 0.05) is 12.2 Å². The SMILES string of the molecule is NCc1ccc(C(O)c2ccc3c(c2)CC(=O)N3)cc1. The van der Waals surface area contributed by atoms with E-state index in [1.54, 1.807) is 0 Å². The Kier molecular flexibility index (Phi) is 3.26. The lowest BCUT2D eigenvalue weighted by Gasteiger charge is -2.13. The van der Waals surface area contributed by atoms with Crippen LogP contribution in [0, 0.1) is 0 Å². The number of anilines is 1. The maximum absolute atomic E-state index is 11.3. The van der Waals surface area contributed by atoms with E-state index in [-0.39, 0.29) is 5.91 Å². The molecule has 1 unspecified atom stereocenters. The topological polar surface area (TPSA) is 75.3 Å². The van der Waals surface area contributed by atoms with Crippen LogP contribution in [-0.2, 0) is 17.8 Å². The molecule has 4 heteroatoms. The lowest BCUT2D eigenvalue weighted by Crippen LogP contribution is -2.03. The monoisotopic (exact) mass is 268 g/mol. The fraction of sp³-hybridized carbons (Fsp3) is 0.188. The van der Waals surface area contributed by atoms with E-state index < -0.39 is 6.10 Å². The molecule has 0 bridgehead atoms. The number of aliphatic hydroxyl groups is 1. The van der Waals surface area contributed by atoms with Gasteiger partial charge < -0.3 is 16.2 Å². The summed E-state index contributed by atoms with van der Waals surface area (Å²) in [4.78, 5) is 11.3. The molecule has 0 aliphatic carbocycles. The van der Waals surface area contributed by atoms with Crippen molar-refractivity contribution in [2.45, 2.75) is 19.1 Å². The van der Waals surface area contributed by atoms with E-state index in [1.807, 2.05) is 42.5 Å². The molecule has 1 heterocycles. The average Bonchev–Trinajstić information content (AvgIpc) is 2.85. The minimum Gasteiger partial charge on any atom is -0.384 e. The Morgan fingerprint density at radius 1 is 1.15 bits per heavy atom. The quantitative estimate of drug-likeness (QED) is 0.793. The van der Waals surface area contributed by atoms with Gasteiger partial charge in [-0.2, -0.15) is 0 Å². The summed E-state index contributed by atoms with van der Waals surface area (Å²) in [6.07, 6.45) is -0.315. The van der Waals surface area contributed by atoms with Crippen LogP contribution in [0.4, 0.5) is 5.69 Å². The highest BCUT2D eigenvalue weighted by atomic mass is 16.3. The summed E-state index contributed by atoms with van der Waals surface area (Å²) < 4.78 is 0. The molecular weight excluding hydrogens is 252 g/mol. The molecular formula is C16H16N2O2. The molecule has 4 N–H and O–H groups in total. The minimum absolute atomic E-state index is 0.000983. The number of carbonyl (C=O) groups excluding carboxylic acids is 1. The van der Waals surface area contributed by atoms with Crippen LogP contribution in [0.2, 0.25) is 0 Å². The van der Waals surface area contributed by atoms with Gasteiger partial charge in [0.05, 0.1) is 6.42 Å². The third-order valence-corrected chi connectivity index (χ3v) is 3.60. The molecule has 0 radical (unpaired) electrons. The second-order valence-electron chi connectivity index (χ2n) is 4.99. The molecule has 0 spiro atoms. The van der Waals surface area contributed by atoms with Crippen molar-refractivity contribution in [3.63, 3.8) is 0 Å². The first-order chi connectivity index (χ1) is 9.67. The normalized spacial score (nSPS) is 14.8. The molecule has 102 valence electrons. The number of aliphatic hydroxyl groups excluding tert-OH is 1. The van der Waals surface area contributed by atoms with E-state index in [0.29, 0.717) is 13.0 Å². The van der Waals surface area contributed by atoms with Crippen LogP contribution < -0.4 is 11.1 Å². The summed E-state index contributed by atoms with van der Waals surface area (Å²) in [5.74, 6) is -0.000983. The highest BCUT2D eigenvalue weighted by Crippen LogP contribution is 2.29. The van der Waals surface area contributed by atoms with Gasteiger partial charge in [-0.05, 0) is 28.3 Å². The summed E-state index contributed by atoms with van der Waals surface area (Å²) in [5.41, 5.74) is 9.98. The van der Waals surface area contributed by atoms with E-state index in [2.05, 4.69) is 5.32 Å². The Morgan fingerprint density at radius 2 is 1.85 bits per heavy atom. The Morgan fingerprint density at radius 3 is 2.55 bits per heavy atom. The molecule has 0 saturated carbocycles. The molecule has 3 rings (SSSR count). The zero-order valence-electron chi connectivity index (χ0n) is 11.0.